The molecule has 4 rings (SSSR count). The molecule has 0 spiro atoms. The van der Waals surface area contributed by atoms with E-state index >= 15 is 0 Å². The average molecular weight is 358 g/mol. The van der Waals surface area contributed by atoms with Crippen LogP contribution in [0.1, 0.15) is 21.7 Å². The lowest BCUT2D eigenvalue weighted by Crippen LogP contribution is -2.39. The Bertz CT molecular complexity index is 1050. The van der Waals surface area contributed by atoms with Crippen LogP contribution < -0.4 is 10.4 Å². The Morgan fingerprint density at radius 3 is 2.15 bits per heavy atom. The van der Waals surface area contributed by atoms with Gasteiger partial charge in [0.1, 0.15) is 0 Å². The van der Waals surface area contributed by atoms with E-state index < -0.39 is 0 Å². The predicted octanol–water partition coefficient (Wildman–Crippen LogP) is 4.32. The molecular weight excluding hydrogens is 340 g/mol. The van der Waals surface area contributed by atoms with Gasteiger partial charge in [-0.15, -0.1) is 0 Å². The van der Waals surface area contributed by atoms with Gasteiger partial charge in [-0.05, 0) is 44.2 Å². The molecule has 6 heteroatoms. The number of hydrogen-bond donors (Lipinski definition) is 1. The van der Waals surface area contributed by atoms with Crippen molar-refractivity contribution in [2.75, 3.05) is 5.01 Å². The largest absolute Gasteiger partial charge is 0.336 e. The van der Waals surface area contributed by atoms with Crippen LogP contribution in [0.3, 0.4) is 0 Å². The molecule has 0 aliphatic carbocycles. The van der Waals surface area contributed by atoms with E-state index in [1.807, 2.05) is 67.6 Å². The number of pyridine rings is 1. The number of amides is 1. The maximum absolute atomic E-state index is 13.2. The summed E-state index contributed by atoms with van der Waals surface area (Å²) in [6.07, 6.45) is 0. The van der Waals surface area contributed by atoms with Crippen LogP contribution in [0.5, 0.6) is 0 Å². The molecular formula is C21H18N4O2. The monoisotopic (exact) mass is 358 g/mol. The van der Waals surface area contributed by atoms with Gasteiger partial charge < -0.3 is 4.52 Å². The molecule has 2 heterocycles. The van der Waals surface area contributed by atoms with E-state index in [-0.39, 0.29) is 5.91 Å². The molecule has 1 N–H and O–H groups in total. The van der Waals surface area contributed by atoms with E-state index in [0.717, 1.165) is 11.4 Å². The molecule has 0 aliphatic heterocycles. The number of hydrazine groups is 1. The van der Waals surface area contributed by atoms with Gasteiger partial charge in [-0.3, -0.25) is 15.2 Å². The fourth-order valence-corrected chi connectivity index (χ4v) is 2.99. The molecule has 0 saturated heterocycles. The zero-order valence-corrected chi connectivity index (χ0v) is 15.0. The number of nitrogens with zero attached hydrogens (tertiary/aromatic N) is 3. The minimum atomic E-state index is -0.260. The van der Waals surface area contributed by atoms with E-state index in [9.17, 15) is 4.79 Å². The number of fused-ring (bicyclic) bond motifs is 1. The predicted molar refractivity (Wildman–Crippen MR) is 104 cm³/mol. The van der Waals surface area contributed by atoms with Gasteiger partial charge >= 0.3 is 0 Å². The molecule has 2 aromatic carbocycles. The molecule has 0 unspecified atom stereocenters. The third-order valence-electron chi connectivity index (χ3n) is 4.23. The Balaban J connectivity index is 1.76. The van der Waals surface area contributed by atoms with Crippen molar-refractivity contribution in [2.24, 2.45) is 0 Å². The number of anilines is 2. The van der Waals surface area contributed by atoms with Crippen LogP contribution >= 0.6 is 0 Å². The van der Waals surface area contributed by atoms with E-state index in [1.54, 1.807) is 18.0 Å². The van der Waals surface area contributed by atoms with Crippen LogP contribution in [0.4, 0.5) is 11.4 Å². The maximum Gasteiger partial charge on any atom is 0.271 e. The summed E-state index contributed by atoms with van der Waals surface area (Å²) < 4.78 is 5.24. The first-order valence-electron chi connectivity index (χ1n) is 8.58. The van der Waals surface area contributed by atoms with Gasteiger partial charge in [-0.1, -0.05) is 41.6 Å². The zero-order chi connectivity index (χ0) is 18.8. The van der Waals surface area contributed by atoms with Crippen molar-refractivity contribution in [3.63, 3.8) is 0 Å². The highest BCUT2D eigenvalue weighted by Crippen LogP contribution is 2.25. The third-order valence-corrected chi connectivity index (χ3v) is 4.23. The van der Waals surface area contributed by atoms with Gasteiger partial charge in [0.2, 0.25) is 0 Å². The Morgan fingerprint density at radius 2 is 1.56 bits per heavy atom. The highest BCUT2D eigenvalue weighted by atomic mass is 16.5. The quantitative estimate of drug-likeness (QED) is 0.550. The maximum atomic E-state index is 13.2. The summed E-state index contributed by atoms with van der Waals surface area (Å²) in [5.41, 5.74) is 6.86. The van der Waals surface area contributed by atoms with Crippen molar-refractivity contribution in [3.05, 3.63) is 83.7 Å². The van der Waals surface area contributed by atoms with Gasteiger partial charge in [-0.25, -0.2) is 4.98 Å². The van der Waals surface area contributed by atoms with Crippen molar-refractivity contribution in [2.45, 2.75) is 13.8 Å². The van der Waals surface area contributed by atoms with Gasteiger partial charge in [0.15, 0.2) is 0 Å². The smallest absolute Gasteiger partial charge is 0.271 e. The first-order chi connectivity index (χ1) is 13.1. The molecule has 0 atom stereocenters. The van der Waals surface area contributed by atoms with Crippen LogP contribution in [0.25, 0.3) is 11.1 Å². The number of carbonyl (C=O) groups excluding carboxylic acids is 1. The molecule has 2 aromatic heterocycles. The van der Waals surface area contributed by atoms with Gasteiger partial charge in [-0.2, -0.15) is 0 Å². The lowest BCUT2D eigenvalue weighted by Gasteiger charge is -2.25. The Labute approximate surface area is 156 Å². The summed E-state index contributed by atoms with van der Waals surface area (Å²) in [6, 6.07) is 21.1. The molecule has 0 aliphatic rings. The minimum Gasteiger partial charge on any atom is -0.336 e. The van der Waals surface area contributed by atoms with E-state index in [2.05, 4.69) is 15.6 Å². The van der Waals surface area contributed by atoms with E-state index in [0.29, 0.717) is 28.1 Å². The SMILES string of the molecule is Cc1cc(C(=O)NN(c2ccccc2)c2ccccc2)c2c(C)noc2n1. The molecule has 134 valence electrons. The molecule has 0 saturated carbocycles. The molecule has 6 nitrogen and oxygen atoms in total. The minimum absolute atomic E-state index is 0.260. The van der Waals surface area contributed by atoms with Crippen LogP contribution in [-0.2, 0) is 0 Å². The summed E-state index contributed by atoms with van der Waals surface area (Å²) in [4.78, 5) is 17.5. The van der Waals surface area contributed by atoms with Crippen molar-refractivity contribution >= 4 is 28.4 Å². The van der Waals surface area contributed by atoms with Crippen molar-refractivity contribution in [1.29, 1.82) is 0 Å². The van der Waals surface area contributed by atoms with Crippen LogP contribution in [-0.4, -0.2) is 16.0 Å². The van der Waals surface area contributed by atoms with Crippen LogP contribution in [0.2, 0.25) is 0 Å². The van der Waals surface area contributed by atoms with E-state index in [1.165, 1.54) is 0 Å². The molecule has 0 radical (unpaired) electrons. The second-order valence-electron chi connectivity index (χ2n) is 6.21. The number of nitrogens with one attached hydrogen (secondary N) is 1. The molecule has 4 aromatic rings. The molecule has 27 heavy (non-hydrogen) atoms. The normalized spacial score (nSPS) is 10.7. The fraction of sp³-hybridized carbons (Fsp3) is 0.0952. The number of benzene rings is 2. The van der Waals surface area contributed by atoms with Crippen LogP contribution in [0, 0.1) is 13.8 Å². The van der Waals surface area contributed by atoms with E-state index in [4.69, 9.17) is 4.52 Å². The lowest BCUT2D eigenvalue weighted by atomic mass is 10.1. The Kier molecular flexibility index (Phi) is 4.30. The van der Waals surface area contributed by atoms with Gasteiger partial charge in [0.05, 0.1) is 28.0 Å². The Morgan fingerprint density at radius 1 is 0.963 bits per heavy atom. The van der Waals surface area contributed by atoms with Gasteiger partial charge in [0, 0.05) is 5.69 Å². The molecule has 0 fully saturated rings. The van der Waals surface area contributed by atoms with Crippen molar-refractivity contribution in [3.8, 4) is 0 Å². The number of carbonyl (C=O) groups is 1. The van der Waals surface area contributed by atoms with Gasteiger partial charge in [0.25, 0.3) is 11.6 Å². The highest BCUT2D eigenvalue weighted by Gasteiger charge is 2.20. The Hall–Kier alpha value is -3.67. The number of aromatic nitrogens is 2. The third kappa shape index (κ3) is 3.25. The second-order valence-corrected chi connectivity index (χ2v) is 6.21. The number of rotatable bonds is 4. The van der Waals surface area contributed by atoms with Crippen LogP contribution in [0.15, 0.2) is 71.3 Å². The van der Waals surface area contributed by atoms with Crippen molar-refractivity contribution < 1.29 is 9.32 Å². The first kappa shape index (κ1) is 16.8. The number of para-hydroxylation sites is 2. The summed E-state index contributed by atoms with van der Waals surface area (Å²) in [6.45, 7) is 3.62. The van der Waals surface area contributed by atoms with Crippen molar-refractivity contribution in [1.82, 2.24) is 15.6 Å². The average Bonchev–Trinajstić information content (AvgIpc) is 3.07. The molecule has 0 bridgehead atoms. The molecule has 1 amide bonds. The summed E-state index contributed by atoms with van der Waals surface area (Å²) in [5, 5.41) is 6.33. The second kappa shape index (κ2) is 6.92. The summed E-state index contributed by atoms with van der Waals surface area (Å²) in [7, 11) is 0. The zero-order valence-electron chi connectivity index (χ0n) is 15.0. The first-order valence-corrected chi connectivity index (χ1v) is 8.58. The summed E-state index contributed by atoms with van der Waals surface area (Å²) >= 11 is 0. The fourth-order valence-electron chi connectivity index (χ4n) is 2.99. The number of aryl methyl sites for hydroxylation is 2. The highest BCUT2D eigenvalue weighted by molar-refractivity contribution is 6.06. The standard InChI is InChI=1S/C21H18N4O2/c1-14-13-18(19-15(2)24-27-21(19)22-14)20(26)23-25(16-9-5-3-6-10-16)17-11-7-4-8-12-17/h3-13H,1-2H3,(H,23,26). The summed E-state index contributed by atoms with van der Waals surface area (Å²) in [5.74, 6) is -0.260. The number of hydrogen-bond acceptors (Lipinski definition) is 5. The topological polar surface area (TPSA) is 71.3 Å². The lowest BCUT2D eigenvalue weighted by molar-refractivity contribution is 0.0955.